The van der Waals surface area contributed by atoms with Crippen LogP contribution in [0.1, 0.15) is 27.2 Å². The number of hydrogen-bond acceptors (Lipinski definition) is 6. The molecular formula is C16H20N2O5S. The van der Waals surface area contributed by atoms with E-state index < -0.39 is 26.8 Å². The van der Waals surface area contributed by atoms with Crippen molar-refractivity contribution in [1.29, 1.82) is 0 Å². The molecule has 130 valence electrons. The van der Waals surface area contributed by atoms with E-state index in [0.29, 0.717) is 24.1 Å². The molecule has 0 N–H and O–H groups in total. The summed E-state index contributed by atoms with van der Waals surface area (Å²) in [6, 6.07) is 6.88. The highest BCUT2D eigenvalue weighted by molar-refractivity contribution is 7.91. The highest BCUT2D eigenvalue weighted by atomic mass is 32.2. The highest BCUT2D eigenvalue weighted by Crippen LogP contribution is 2.27. The van der Waals surface area contributed by atoms with Gasteiger partial charge in [0.15, 0.2) is 5.58 Å². The average molecular weight is 352 g/mol. The molecule has 0 spiro atoms. The second-order valence-corrected chi connectivity index (χ2v) is 8.94. The second-order valence-electron chi connectivity index (χ2n) is 6.83. The molecule has 1 fully saturated rings. The monoisotopic (exact) mass is 352 g/mol. The lowest BCUT2D eigenvalue weighted by atomic mass is 10.2. The van der Waals surface area contributed by atoms with Crippen LogP contribution < -0.4 is 0 Å². The van der Waals surface area contributed by atoms with Crippen molar-refractivity contribution in [2.24, 2.45) is 0 Å². The van der Waals surface area contributed by atoms with Crippen LogP contribution in [-0.2, 0) is 14.6 Å². The first-order valence-electron chi connectivity index (χ1n) is 7.74. The summed E-state index contributed by atoms with van der Waals surface area (Å²) in [5, 5.41) is -1.03. The number of likely N-dealkylation sites (tertiary alicyclic amines) is 1. The maximum atomic E-state index is 12.7. The molecule has 0 saturated carbocycles. The fourth-order valence-corrected chi connectivity index (χ4v) is 4.10. The predicted octanol–water partition coefficient (Wildman–Crippen LogP) is 2.61. The van der Waals surface area contributed by atoms with Gasteiger partial charge in [0, 0.05) is 13.1 Å². The zero-order valence-corrected chi connectivity index (χ0v) is 14.7. The molecule has 0 unspecified atom stereocenters. The number of nitrogens with zero attached hydrogens (tertiary/aromatic N) is 2. The Morgan fingerprint density at radius 1 is 1.33 bits per heavy atom. The summed E-state index contributed by atoms with van der Waals surface area (Å²) < 4.78 is 36.1. The van der Waals surface area contributed by atoms with Crippen molar-refractivity contribution in [3.8, 4) is 0 Å². The van der Waals surface area contributed by atoms with Gasteiger partial charge in [-0.05, 0) is 39.3 Å². The summed E-state index contributed by atoms with van der Waals surface area (Å²) in [5.74, 6) is 0. The van der Waals surface area contributed by atoms with Gasteiger partial charge in [-0.1, -0.05) is 12.1 Å². The summed E-state index contributed by atoms with van der Waals surface area (Å²) >= 11 is 0. The van der Waals surface area contributed by atoms with Crippen molar-refractivity contribution in [2.45, 2.75) is 43.3 Å². The summed E-state index contributed by atoms with van der Waals surface area (Å²) in [5.41, 5.74) is 0.310. The molecule has 3 rings (SSSR count). The van der Waals surface area contributed by atoms with Crippen molar-refractivity contribution in [2.75, 3.05) is 13.1 Å². The van der Waals surface area contributed by atoms with Gasteiger partial charge in [-0.25, -0.2) is 13.2 Å². The third kappa shape index (κ3) is 3.24. The first-order valence-corrected chi connectivity index (χ1v) is 9.29. The van der Waals surface area contributed by atoms with Crippen molar-refractivity contribution in [3.63, 3.8) is 0 Å². The SMILES string of the molecule is CC(C)(C)OC(=O)N1CC[C@@H](S(=O)(=O)c2nc3ccccc3o2)C1. The van der Waals surface area contributed by atoms with Gasteiger partial charge in [0.05, 0.1) is 5.25 Å². The number of rotatable bonds is 2. The van der Waals surface area contributed by atoms with Gasteiger partial charge < -0.3 is 14.1 Å². The van der Waals surface area contributed by atoms with Crippen LogP contribution in [0.25, 0.3) is 11.1 Å². The number of sulfone groups is 1. The summed E-state index contributed by atoms with van der Waals surface area (Å²) in [6.07, 6.45) is -0.168. The van der Waals surface area contributed by atoms with E-state index in [1.54, 1.807) is 45.0 Å². The maximum absolute atomic E-state index is 12.7. The van der Waals surface area contributed by atoms with Gasteiger partial charge in [-0.15, -0.1) is 0 Å². The average Bonchev–Trinajstić information content (AvgIpc) is 3.13. The predicted molar refractivity (Wildman–Crippen MR) is 87.4 cm³/mol. The van der Waals surface area contributed by atoms with Gasteiger partial charge in [0.2, 0.25) is 9.84 Å². The molecule has 1 atom stereocenters. The molecule has 8 heteroatoms. The van der Waals surface area contributed by atoms with E-state index in [9.17, 15) is 13.2 Å². The van der Waals surface area contributed by atoms with Crippen LogP contribution in [0.5, 0.6) is 0 Å². The normalized spacial score (nSPS) is 19.0. The molecular weight excluding hydrogens is 332 g/mol. The number of carbonyl (C=O) groups excluding carboxylic acids is 1. The molecule has 0 radical (unpaired) electrons. The minimum absolute atomic E-state index is 0.0793. The van der Waals surface area contributed by atoms with E-state index in [0.717, 1.165) is 0 Å². The molecule has 1 aliphatic heterocycles. The van der Waals surface area contributed by atoms with Crippen LogP contribution in [0.2, 0.25) is 0 Å². The minimum atomic E-state index is -3.74. The smallest absolute Gasteiger partial charge is 0.410 e. The van der Waals surface area contributed by atoms with E-state index in [4.69, 9.17) is 9.15 Å². The Morgan fingerprint density at radius 3 is 2.71 bits per heavy atom. The van der Waals surface area contributed by atoms with Crippen LogP contribution in [0, 0.1) is 0 Å². The van der Waals surface area contributed by atoms with Crippen LogP contribution in [0.3, 0.4) is 0 Å². The number of aromatic nitrogens is 1. The molecule has 24 heavy (non-hydrogen) atoms. The van der Waals surface area contributed by atoms with Crippen LogP contribution in [0.4, 0.5) is 4.79 Å². The number of amides is 1. The fraction of sp³-hybridized carbons (Fsp3) is 0.500. The first kappa shape index (κ1) is 16.8. The quantitative estimate of drug-likeness (QED) is 0.825. The maximum Gasteiger partial charge on any atom is 0.410 e. The summed E-state index contributed by atoms with van der Waals surface area (Å²) in [4.78, 5) is 17.6. The third-order valence-corrected chi connectivity index (χ3v) is 5.68. The summed E-state index contributed by atoms with van der Waals surface area (Å²) in [6.45, 7) is 5.73. The van der Waals surface area contributed by atoms with Crippen molar-refractivity contribution in [3.05, 3.63) is 24.3 Å². The van der Waals surface area contributed by atoms with E-state index >= 15 is 0 Å². The topological polar surface area (TPSA) is 89.7 Å². The van der Waals surface area contributed by atoms with Crippen LogP contribution >= 0.6 is 0 Å². The van der Waals surface area contributed by atoms with Crippen molar-refractivity contribution >= 4 is 27.0 Å². The molecule has 2 heterocycles. The molecule has 2 aromatic rings. The minimum Gasteiger partial charge on any atom is -0.444 e. The lowest BCUT2D eigenvalue weighted by Gasteiger charge is -2.24. The third-order valence-electron chi connectivity index (χ3n) is 3.75. The molecule has 1 aromatic carbocycles. The van der Waals surface area contributed by atoms with Gasteiger partial charge in [-0.3, -0.25) is 0 Å². The Balaban J connectivity index is 1.78. The highest BCUT2D eigenvalue weighted by Gasteiger charge is 2.40. The molecule has 1 aromatic heterocycles. The van der Waals surface area contributed by atoms with Gasteiger partial charge in [0.25, 0.3) is 0 Å². The standard InChI is InChI=1S/C16H20N2O5S/c1-16(2,3)23-15(19)18-9-8-11(10-18)24(20,21)14-17-12-6-4-5-7-13(12)22-14/h4-7,11H,8-10H2,1-3H3/t11-/m1/s1. The number of hydrogen-bond donors (Lipinski definition) is 0. The second kappa shape index (κ2) is 5.77. The molecule has 1 amide bonds. The van der Waals surface area contributed by atoms with E-state index in [1.807, 2.05) is 0 Å². The van der Waals surface area contributed by atoms with Crippen LogP contribution in [-0.4, -0.2) is 48.3 Å². The van der Waals surface area contributed by atoms with Gasteiger partial charge in [-0.2, -0.15) is 4.98 Å². The van der Waals surface area contributed by atoms with E-state index in [1.165, 1.54) is 4.90 Å². The van der Waals surface area contributed by atoms with Crippen molar-refractivity contribution in [1.82, 2.24) is 9.88 Å². The Kier molecular flexibility index (Phi) is 4.03. The lowest BCUT2D eigenvalue weighted by Crippen LogP contribution is -2.36. The van der Waals surface area contributed by atoms with Gasteiger partial charge >= 0.3 is 11.3 Å². The van der Waals surface area contributed by atoms with E-state index in [-0.39, 0.29) is 11.8 Å². The van der Waals surface area contributed by atoms with Gasteiger partial charge in [0.1, 0.15) is 11.1 Å². The number of ether oxygens (including phenoxy) is 1. The molecule has 0 aliphatic carbocycles. The fourth-order valence-electron chi connectivity index (χ4n) is 2.59. The Labute approximate surface area is 140 Å². The van der Waals surface area contributed by atoms with E-state index in [2.05, 4.69) is 4.98 Å². The Hall–Kier alpha value is -2.09. The zero-order valence-electron chi connectivity index (χ0n) is 13.9. The lowest BCUT2D eigenvalue weighted by molar-refractivity contribution is 0.0295. The first-order chi connectivity index (χ1) is 11.2. The number of carbonyl (C=O) groups is 1. The number of para-hydroxylation sites is 2. The molecule has 7 nitrogen and oxygen atoms in total. The largest absolute Gasteiger partial charge is 0.444 e. The number of oxazole rings is 1. The Morgan fingerprint density at radius 2 is 2.04 bits per heavy atom. The Bertz CT molecular complexity index is 833. The van der Waals surface area contributed by atoms with Crippen molar-refractivity contribution < 1.29 is 22.4 Å². The van der Waals surface area contributed by atoms with Crippen LogP contribution in [0.15, 0.2) is 33.9 Å². The molecule has 1 aliphatic rings. The zero-order chi connectivity index (χ0) is 17.5. The summed E-state index contributed by atoms with van der Waals surface area (Å²) in [7, 11) is -3.74. The number of fused-ring (bicyclic) bond motifs is 1. The number of benzene rings is 1. The molecule has 0 bridgehead atoms. The molecule has 1 saturated heterocycles.